The second-order valence-electron chi connectivity index (χ2n) is 5.59. The van der Waals surface area contributed by atoms with Gasteiger partial charge in [0.15, 0.2) is 0 Å². The van der Waals surface area contributed by atoms with E-state index in [0.29, 0.717) is 16.1 Å². The molecule has 1 aliphatic heterocycles. The number of halogens is 2. The summed E-state index contributed by atoms with van der Waals surface area (Å²) in [6.45, 7) is 4.97. The van der Waals surface area contributed by atoms with Crippen molar-refractivity contribution in [3.63, 3.8) is 0 Å². The van der Waals surface area contributed by atoms with Crippen LogP contribution in [0.2, 0.25) is 10.0 Å². The van der Waals surface area contributed by atoms with Crippen LogP contribution in [0.15, 0.2) is 18.2 Å². The molecule has 0 spiro atoms. The zero-order chi connectivity index (χ0) is 15.5. The SMILES string of the molecule is Cc1nsc(NC2CCN(Cc3ccc(Cl)c(Cl)c3)CC2)n1. The molecule has 7 heteroatoms. The van der Waals surface area contributed by atoms with Crippen LogP contribution in [0, 0.1) is 6.92 Å². The van der Waals surface area contributed by atoms with Gasteiger partial charge in [-0.15, -0.1) is 0 Å². The third-order valence-electron chi connectivity index (χ3n) is 3.83. The molecule has 2 aromatic rings. The van der Waals surface area contributed by atoms with Gasteiger partial charge in [0.2, 0.25) is 5.13 Å². The molecular formula is C15H18Cl2N4S. The summed E-state index contributed by atoms with van der Waals surface area (Å²) < 4.78 is 4.20. The van der Waals surface area contributed by atoms with E-state index < -0.39 is 0 Å². The van der Waals surface area contributed by atoms with Crippen LogP contribution < -0.4 is 5.32 Å². The number of nitrogens with one attached hydrogen (secondary N) is 1. The molecule has 22 heavy (non-hydrogen) atoms. The van der Waals surface area contributed by atoms with Crippen LogP contribution >= 0.6 is 34.7 Å². The van der Waals surface area contributed by atoms with Crippen molar-refractivity contribution in [3.05, 3.63) is 39.6 Å². The second kappa shape index (κ2) is 7.13. The molecule has 3 rings (SSSR count). The Hall–Kier alpha value is -0.880. The molecule has 1 aliphatic rings. The van der Waals surface area contributed by atoms with Crippen molar-refractivity contribution < 1.29 is 0 Å². The minimum Gasteiger partial charge on any atom is -0.357 e. The average Bonchev–Trinajstić information content (AvgIpc) is 2.90. The Morgan fingerprint density at radius 2 is 2.05 bits per heavy atom. The smallest absolute Gasteiger partial charge is 0.202 e. The Balaban J connectivity index is 1.50. The van der Waals surface area contributed by atoms with E-state index in [1.54, 1.807) is 0 Å². The number of rotatable bonds is 4. The Bertz CT molecular complexity index is 638. The van der Waals surface area contributed by atoms with Crippen LogP contribution in [0.25, 0.3) is 0 Å². The van der Waals surface area contributed by atoms with Gasteiger partial charge in [0.05, 0.1) is 10.0 Å². The lowest BCUT2D eigenvalue weighted by Gasteiger charge is -2.32. The second-order valence-corrected chi connectivity index (χ2v) is 7.16. The third-order valence-corrected chi connectivity index (χ3v) is 5.31. The molecule has 0 saturated carbocycles. The molecule has 0 aliphatic carbocycles. The summed E-state index contributed by atoms with van der Waals surface area (Å²) in [4.78, 5) is 6.81. The molecule has 1 aromatic heterocycles. The van der Waals surface area contributed by atoms with Gasteiger partial charge in [0.1, 0.15) is 5.82 Å². The van der Waals surface area contributed by atoms with E-state index in [9.17, 15) is 0 Å². The van der Waals surface area contributed by atoms with E-state index in [2.05, 4.69) is 19.6 Å². The first-order valence-corrected chi connectivity index (χ1v) is 8.86. The molecule has 0 bridgehead atoms. The van der Waals surface area contributed by atoms with Crippen LogP contribution in [0.4, 0.5) is 5.13 Å². The fraction of sp³-hybridized carbons (Fsp3) is 0.467. The van der Waals surface area contributed by atoms with Crippen LogP contribution in [-0.2, 0) is 6.54 Å². The van der Waals surface area contributed by atoms with Gasteiger partial charge in [0, 0.05) is 37.2 Å². The number of piperidine rings is 1. The topological polar surface area (TPSA) is 41.1 Å². The molecule has 1 saturated heterocycles. The lowest BCUT2D eigenvalue weighted by atomic mass is 10.0. The van der Waals surface area contributed by atoms with Gasteiger partial charge < -0.3 is 5.32 Å². The Kier molecular flexibility index (Phi) is 5.18. The number of nitrogens with zero attached hydrogens (tertiary/aromatic N) is 3. The minimum absolute atomic E-state index is 0.484. The summed E-state index contributed by atoms with van der Waals surface area (Å²) in [5.41, 5.74) is 1.21. The van der Waals surface area contributed by atoms with E-state index in [1.165, 1.54) is 17.1 Å². The number of benzene rings is 1. The zero-order valence-electron chi connectivity index (χ0n) is 12.4. The third kappa shape index (κ3) is 4.10. The molecule has 0 unspecified atom stereocenters. The van der Waals surface area contributed by atoms with E-state index >= 15 is 0 Å². The van der Waals surface area contributed by atoms with Crippen LogP contribution in [0.3, 0.4) is 0 Å². The summed E-state index contributed by atoms with van der Waals surface area (Å²) in [5.74, 6) is 0.838. The molecule has 1 N–H and O–H groups in total. The Labute approximate surface area is 144 Å². The largest absolute Gasteiger partial charge is 0.357 e. The highest BCUT2D eigenvalue weighted by Crippen LogP contribution is 2.24. The maximum absolute atomic E-state index is 6.07. The quantitative estimate of drug-likeness (QED) is 0.889. The average molecular weight is 357 g/mol. The highest BCUT2D eigenvalue weighted by atomic mass is 35.5. The number of aryl methyl sites for hydroxylation is 1. The summed E-state index contributed by atoms with van der Waals surface area (Å²) in [6.07, 6.45) is 2.22. The molecule has 0 radical (unpaired) electrons. The lowest BCUT2D eigenvalue weighted by molar-refractivity contribution is 0.211. The van der Waals surface area contributed by atoms with Gasteiger partial charge in [-0.3, -0.25) is 4.90 Å². The summed E-state index contributed by atoms with van der Waals surface area (Å²) in [5, 5.41) is 5.65. The molecule has 1 aromatic carbocycles. The zero-order valence-corrected chi connectivity index (χ0v) is 14.7. The van der Waals surface area contributed by atoms with E-state index in [0.717, 1.165) is 43.4 Å². The molecule has 0 atom stereocenters. The molecule has 118 valence electrons. The first kappa shape index (κ1) is 16.0. The van der Waals surface area contributed by atoms with E-state index in [-0.39, 0.29) is 0 Å². The van der Waals surface area contributed by atoms with Crippen molar-refractivity contribution in [2.24, 2.45) is 0 Å². The number of hydrogen-bond acceptors (Lipinski definition) is 5. The van der Waals surface area contributed by atoms with E-state index in [1.807, 2.05) is 25.1 Å². The summed E-state index contributed by atoms with van der Waals surface area (Å²) in [6, 6.07) is 6.35. The maximum atomic E-state index is 6.07. The fourth-order valence-electron chi connectivity index (χ4n) is 2.66. The summed E-state index contributed by atoms with van der Waals surface area (Å²) in [7, 11) is 0. The van der Waals surface area contributed by atoms with Crippen molar-refractivity contribution in [3.8, 4) is 0 Å². The lowest BCUT2D eigenvalue weighted by Crippen LogP contribution is -2.38. The number of anilines is 1. The molecule has 1 fully saturated rings. The van der Waals surface area contributed by atoms with Crippen molar-refractivity contribution in [1.82, 2.24) is 14.3 Å². The van der Waals surface area contributed by atoms with Gasteiger partial charge in [-0.25, -0.2) is 4.98 Å². The van der Waals surface area contributed by atoms with Crippen LogP contribution in [0.1, 0.15) is 24.2 Å². The Morgan fingerprint density at radius 3 is 2.68 bits per heavy atom. The normalized spacial score (nSPS) is 16.9. The van der Waals surface area contributed by atoms with Crippen molar-refractivity contribution in [2.45, 2.75) is 32.4 Å². The Morgan fingerprint density at radius 1 is 1.27 bits per heavy atom. The summed E-state index contributed by atoms with van der Waals surface area (Å²) >= 11 is 13.5. The predicted octanol–water partition coefficient (Wildman–Crippen LogP) is 4.23. The van der Waals surface area contributed by atoms with Gasteiger partial charge >= 0.3 is 0 Å². The van der Waals surface area contributed by atoms with Gasteiger partial charge in [-0.1, -0.05) is 29.3 Å². The standard InChI is InChI=1S/C15H18Cl2N4S/c1-10-18-15(22-20-10)19-12-4-6-21(7-5-12)9-11-2-3-13(16)14(17)8-11/h2-3,8,12H,4-7,9H2,1H3,(H,18,19,20). The van der Waals surface area contributed by atoms with Crippen LogP contribution in [0.5, 0.6) is 0 Å². The highest BCUT2D eigenvalue weighted by molar-refractivity contribution is 7.09. The van der Waals surface area contributed by atoms with Crippen molar-refractivity contribution in [1.29, 1.82) is 0 Å². The first-order chi connectivity index (χ1) is 10.6. The fourth-order valence-corrected chi connectivity index (χ4v) is 3.63. The van der Waals surface area contributed by atoms with Crippen LogP contribution in [-0.4, -0.2) is 33.4 Å². The highest BCUT2D eigenvalue weighted by Gasteiger charge is 2.20. The number of hydrogen-bond donors (Lipinski definition) is 1. The first-order valence-electron chi connectivity index (χ1n) is 7.33. The molecule has 4 nitrogen and oxygen atoms in total. The molecule has 2 heterocycles. The van der Waals surface area contributed by atoms with Crippen molar-refractivity contribution in [2.75, 3.05) is 18.4 Å². The number of likely N-dealkylation sites (tertiary alicyclic amines) is 1. The van der Waals surface area contributed by atoms with E-state index in [4.69, 9.17) is 23.2 Å². The maximum Gasteiger partial charge on any atom is 0.202 e. The molecular weight excluding hydrogens is 339 g/mol. The van der Waals surface area contributed by atoms with Gasteiger partial charge in [-0.05, 0) is 37.5 Å². The molecule has 0 amide bonds. The monoisotopic (exact) mass is 356 g/mol. The van der Waals surface area contributed by atoms with Crippen molar-refractivity contribution >= 4 is 39.9 Å². The van der Waals surface area contributed by atoms with Gasteiger partial charge in [-0.2, -0.15) is 4.37 Å². The van der Waals surface area contributed by atoms with Gasteiger partial charge in [0.25, 0.3) is 0 Å². The predicted molar refractivity (Wildman–Crippen MR) is 93.0 cm³/mol. The minimum atomic E-state index is 0.484. The number of aromatic nitrogens is 2.